The number of ether oxygens (including phenoxy) is 2. The van der Waals surface area contributed by atoms with Crippen LogP contribution in [-0.4, -0.2) is 23.6 Å². The predicted molar refractivity (Wildman–Crippen MR) is 73.0 cm³/mol. The van der Waals surface area contributed by atoms with E-state index in [1.54, 1.807) is 0 Å². The van der Waals surface area contributed by atoms with Gasteiger partial charge in [-0.05, 0) is 31.0 Å². The Kier molecular flexibility index (Phi) is 4.46. The predicted octanol–water partition coefficient (Wildman–Crippen LogP) is 3.57. The van der Waals surface area contributed by atoms with Gasteiger partial charge in [0, 0.05) is 17.9 Å². The van der Waals surface area contributed by atoms with Crippen molar-refractivity contribution in [2.75, 3.05) is 6.61 Å². The fraction of sp³-hybridized carbons (Fsp3) is 0.571. The van der Waals surface area contributed by atoms with E-state index in [4.69, 9.17) is 9.47 Å². The summed E-state index contributed by atoms with van der Waals surface area (Å²) in [7, 11) is 0. The first-order valence-electron chi connectivity index (χ1n) is 6.25. The molecule has 0 bridgehead atoms. The van der Waals surface area contributed by atoms with Crippen molar-refractivity contribution in [2.45, 2.75) is 43.7 Å². The van der Waals surface area contributed by atoms with Gasteiger partial charge >= 0.3 is 0 Å². The van der Waals surface area contributed by atoms with Crippen molar-refractivity contribution in [2.24, 2.45) is 0 Å². The standard InChI is InChI=1S/C14H19BrO2/c1-3-10-5-7-11(8-6-10)17-13-9-12(15)14(13)16-4-2/h5-8,12-14H,3-4,9H2,1-2H3. The van der Waals surface area contributed by atoms with Crippen LogP contribution in [0, 0.1) is 0 Å². The lowest BCUT2D eigenvalue weighted by molar-refractivity contribution is -0.0723. The minimum absolute atomic E-state index is 0.186. The van der Waals surface area contributed by atoms with Crippen LogP contribution in [0.25, 0.3) is 0 Å². The zero-order valence-electron chi connectivity index (χ0n) is 10.4. The number of halogens is 1. The van der Waals surface area contributed by atoms with Crippen LogP contribution >= 0.6 is 15.9 Å². The lowest BCUT2D eigenvalue weighted by atomic mass is 9.91. The molecule has 2 rings (SSSR count). The maximum atomic E-state index is 5.93. The zero-order valence-corrected chi connectivity index (χ0v) is 11.9. The second-order valence-electron chi connectivity index (χ2n) is 4.33. The van der Waals surface area contributed by atoms with Crippen molar-refractivity contribution in [3.8, 4) is 5.75 Å². The van der Waals surface area contributed by atoms with Gasteiger partial charge in [0.2, 0.25) is 0 Å². The summed E-state index contributed by atoms with van der Waals surface area (Å²) in [6.07, 6.45) is 2.45. The number of hydrogen-bond acceptors (Lipinski definition) is 2. The monoisotopic (exact) mass is 298 g/mol. The third kappa shape index (κ3) is 3.02. The summed E-state index contributed by atoms with van der Waals surface area (Å²) >= 11 is 3.60. The molecule has 1 aromatic carbocycles. The van der Waals surface area contributed by atoms with E-state index in [9.17, 15) is 0 Å². The molecule has 3 atom stereocenters. The molecule has 1 saturated carbocycles. The summed E-state index contributed by atoms with van der Waals surface area (Å²) in [6, 6.07) is 8.33. The smallest absolute Gasteiger partial charge is 0.127 e. The summed E-state index contributed by atoms with van der Waals surface area (Å²) in [4.78, 5) is 0.433. The summed E-state index contributed by atoms with van der Waals surface area (Å²) in [5.74, 6) is 0.941. The molecule has 1 aliphatic rings. The molecule has 0 heterocycles. The van der Waals surface area contributed by atoms with Gasteiger partial charge in [-0.2, -0.15) is 0 Å². The fourth-order valence-corrected chi connectivity index (χ4v) is 2.89. The molecule has 0 saturated heterocycles. The van der Waals surface area contributed by atoms with E-state index in [1.165, 1.54) is 5.56 Å². The summed E-state index contributed by atoms with van der Waals surface area (Å²) in [5.41, 5.74) is 1.34. The van der Waals surface area contributed by atoms with Crippen LogP contribution in [0.1, 0.15) is 25.8 Å². The highest BCUT2D eigenvalue weighted by Crippen LogP contribution is 2.34. The van der Waals surface area contributed by atoms with Gasteiger partial charge < -0.3 is 9.47 Å². The van der Waals surface area contributed by atoms with E-state index in [0.717, 1.165) is 25.2 Å². The minimum Gasteiger partial charge on any atom is -0.488 e. The molecule has 3 unspecified atom stereocenters. The molecule has 0 spiro atoms. The lowest BCUT2D eigenvalue weighted by Gasteiger charge is -2.40. The van der Waals surface area contributed by atoms with Crippen LogP contribution in [0.3, 0.4) is 0 Å². The van der Waals surface area contributed by atoms with Crippen LogP contribution in [-0.2, 0) is 11.2 Å². The zero-order chi connectivity index (χ0) is 12.3. The average Bonchev–Trinajstić information content (AvgIpc) is 2.36. The molecule has 3 heteroatoms. The van der Waals surface area contributed by atoms with Gasteiger partial charge in [0.15, 0.2) is 0 Å². The van der Waals surface area contributed by atoms with E-state index in [1.807, 2.05) is 19.1 Å². The summed E-state index contributed by atoms with van der Waals surface area (Å²) in [5, 5.41) is 0. The third-order valence-electron chi connectivity index (χ3n) is 3.16. The van der Waals surface area contributed by atoms with E-state index in [0.29, 0.717) is 4.83 Å². The van der Waals surface area contributed by atoms with Crippen molar-refractivity contribution < 1.29 is 9.47 Å². The maximum absolute atomic E-state index is 5.93. The second kappa shape index (κ2) is 5.87. The fourth-order valence-electron chi connectivity index (χ4n) is 2.03. The Labute approximate surface area is 111 Å². The first-order chi connectivity index (χ1) is 8.24. The molecule has 0 amide bonds. The highest BCUT2D eigenvalue weighted by atomic mass is 79.9. The number of hydrogen-bond donors (Lipinski definition) is 0. The normalized spacial score (nSPS) is 27.6. The Morgan fingerprint density at radius 2 is 1.94 bits per heavy atom. The van der Waals surface area contributed by atoms with Crippen molar-refractivity contribution in [1.29, 1.82) is 0 Å². The summed E-state index contributed by atoms with van der Waals surface area (Å²) in [6.45, 7) is 4.91. The van der Waals surface area contributed by atoms with Crippen molar-refractivity contribution >= 4 is 15.9 Å². The molecular weight excluding hydrogens is 280 g/mol. The van der Waals surface area contributed by atoms with E-state index < -0.39 is 0 Å². The highest BCUT2D eigenvalue weighted by Gasteiger charge is 2.42. The molecule has 94 valence electrons. The van der Waals surface area contributed by atoms with Gasteiger partial charge in [-0.15, -0.1) is 0 Å². The molecule has 0 radical (unpaired) electrons. The van der Waals surface area contributed by atoms with Gasteiger partial charge in [-0.3, -0.25) is 0 Å². The third-order valence-corrected chi connectivity index (χ3v) is 4.05. The molecule has 1 aliphatic carbocycles. The molecule has 2 nitrogen and oxygen atoms in total. The maximum Gasteiger partial charge on any atom is 0.127 e. The number of alkyl halides is 1. The van der Waals surface area contributed by atoms with E-state index in [2.05, 4.69) is 35.0 Å². The number of rotatable bonds is 5. The van der Waals surface area contributed by atoms with Crippen LogP contribution < -0.4 is 4.74 Å². The SMILES string of the molecule is CCOC1C(Br)CC1Oc1ccc(CC)cc1. The second-order valence-corrected chi connectivity index (χ2v) is 5.50. The Morgan fingerprint density at radius 1 is 1.24 bits per heavy atom. The van der Waals surface area contributed by atoms with Crippen LogP contribution in [0.2, 0.25) is 0 Å². The van der Waals surface area contributed by atoms with Crippen molar-refractivity contribution in [3.05, 3.63) is 29.8 Å². The Morgan fingerprint density at radius 3 is 2.47 bits per heavy atom. The van der Waals surface area contributed by atoms with Crippen molar-refractivity contribution in [3.63, 3.8) is 0 Å². The van der Waals surface area contributed by atoms with Gasteiger partial charge in [-0.1, -0.05) is 35.0 Å². The van der Waals surface area contributed by atoms with E-state index in [-0.39, 0.29) is 12.2 Å². The Bertz CT molecular complexity index is 350. The Balaban J connectivity index is 1.92. The van der Waals surface area contributed by atoms with E-state index >= 15 is 0 Å². The molecule has 0 aliphatic heterocycles. The average molecular weight is 299 g/mol. The van der Waals surface area contributed by atoms with Gasteiger partial charge in [-0.25, -0.2) is 0 Å². The van der Waals surface area contributed by atoms with Crippen LogP contribution in [0.15, 0.2) is 24.3 Å². The first-order valence-corrected chi connectivity index (χ1v) is 7.17. The van der Waals surface area contributed by atoms with Crippen LogP contribution in [0.5, 0.6) is 5.75 Å². The van der Waals surface area contributed by atoms with Gasteiger partial charge in [0.05, 0.1) is 0 Å². The molecular formula is C14H19BrO2. The largest absolute Gasteiger partial charge is 0.488 e. The Hall–Kier alpha value is -0.540. The van der Waals surface area contributed by atoms with Gasteiger partial charge in [0.25, 0.3) is 0 Å². The van der Waals surface area contributed by atoms with Gasteiger partial charge in [0.1, 0.15) is 18.0 Å². The molecule has 1 aromatic rings. The topological polar surface area (TPSA) is 18.5 Å². The molecule has 0 N–H and O–H groups in total. The molecule has 1 fully saturated rings. The summed E-state index contributed by atoms with van der Waals surface area (Å²) < 4.78 is 11.6. The minimum atomic E-state index is 0.186. The molecule has 17 heavy (non-hydrogen) atoms. The van der Waals surface area contributed by atoms with Crippen molar-refractivity contribution in [1.82, 2.24) is 0 Å². The van der Waals surface area contributed by atoms with Crippen LogP contribution in [0.4, 0.5) is 0 Å². The first kappa shape index (κ1) is 12.9. The quantitative estimate of drug-likeness (QED) is 0.774. The highest BCUT2D eigenvalue weighted by molar-refractivity contribution is 9.09. The number of benzene rings is 1. The number of aryl methyl sites for hydroxylation is 1. The lowest BCUT2D eigenvalue weighted by Crippen LogP contribution is -2.52. The molecule has 0 aromatic heterocycles.